The molecule has 106 valence electrons. The van der Waals surface area contributed by atoms with Crippen LogP contribution in [-0.2, 0) is 0 Å². The van der Waals surface area contributed by atoms with E-state index in [1.165, 1.54) is 56.3 Å². The van der Waals surface area contributed by atoms with Crippen molar-refractivity contribution in [1.82, 2.24) is 4.90 Å². The zero-order valence-electron chi connectivity index (χ0n) is 12.9. The molecule has 1 aromatic rings. The van der Waals surface area contributed by atoms with Crippen LogP contribution >= 0.6 is 0 Å². The van der Waals surface area contributed by atoms with Crippen LogP contribution < -0.4 is 0 Å². The summed E-state index contributed by atoms with van der Waals surface area (Å²) in [5.74, 6) is 0.803. The number of hydrogen-bond donors (Lipinski definition) is 0. The van der Waals surface area contributed by atoms with E-state index in [0.717, 1.165) is 5.92 Å². The molecule has 1 nitrogen and oxygen atoms in total. The fourth-order valence-corrected chi connectivity index (χ4v) is 3.07. The van der Waals surface area contributed by atoms with Gasteiger partial charge in [0.05, 0.1) is 0 Å². The van der Waals surface area contributed by atoms with Crippen LogP contribution in [0.25, 0.3) is 0 Å². The van der Waals surface area contributed by atoms with Crippen molar-refractivity contribution in [3.63, 3.8) is 0 Å². The first-order valence-corrected chi connectivity index (χ1v) is 7.97. The third-order valence-electron chi connectivity index (χ3n) is 4.31. The minimum absolute atomic E-state index is 0.642. The first kappa shape index (κ1) is 14.6. The molecule has 0 bridgehead atoms. The average molecular weight is 259 g/mol. The Kier molecular flexibility index (Phi) is 5.45. The van der Waals surface area contributed by atoms with Gasteiger partial charge in [0.25, 0.3) is 0 Å². The molecule has 0 radical (unpaired) electrons. The third-order valence-corrected chi connectivity index (χ3v) is 4.31. The molecule has 1 heteroatoms. The van der Waals surface area contributed by atoms with Gasteiger partial charge >= 0.3 is 0 Å². The van der Waals surface area contributed by atoms with Crippen LogP contribution in [0.15, 0.2) is 24.3 Å². The maximum atomic E-state index is 2.72. The molecule has 19 heavy (non-hydrogen) atoms. The number of benzene rings is 1. The highest BCUT2D eigenvalue weighted by molar-refractivity contribution is 5.24. The van der Waals surface area contributed by atoms with Crippen LogP contribution in [-0.4, -0.2) is 18.0 Å². The van der Waals surface area contributed by atoms with E-state index in [-0.39, 0.29) is 0 Å². The highest BCUT2D eigenvalue weighted by Crippen LogP contribution is 2.30. The summed E-state index contributed by atoms with van der Waals surface area (Å²) in [7, 11) is 0. The Labute approximate surface area is 119 Å². The van der Waals surface area contributed by atoms with Crippen molar-refractivity contribution in [2.75, 3.05) is 13.1 Å². The molecule has 1 fully saturated rings. The van der Waals surface area contributed by atoms with E-state index in [9.17, 15) is 0 Å². The van der Waals surface area contributed by atoms with Crippen molar-refractivity contribution in [3.8, 4) is 0 Å². The summed E-state index contributed by atoms with van der Waals surface area (Å²) in [6.45, 7) is 9.42. The average Bonchev–Trinajstić information content (AvgIpc) is 2.42. The largest absolute Gasteiger partial charge is 0.296 e. The molecule has 0 spiro atoms. The van der Waals surface area contributed by atoms with Gasteiger partial charge in [-0.05, 0) is 57.2 Å². The molecule has 2 rings (SSSR count). The first-order valence-electron chi connectivity index (χ1n) is 7.97. The fourth-order valence-electron chi connectivity index (χ4n) is 3.07. The lowest BCUT2D eigenvalue weighted by Crippen LogP contribution is -2.34. The standard InChI is InChI=1S/C18H29N/c1-15(2)7-12-18(19-13-5-4-6-14-19)17-10-8-16(3)9-11-17/h8-11,15,18H,4-7,12-14H2,1-3H3. The number of likely N-dealkylation sites (tertiary alicyclic amines) is 1. The Morgan fingerprint density at radius 3 is 2.16 bits per heavy atom. The number of nitrogens with zero attached hydrogens (tertiary/aromatic N) is 1. The van der Waals surface area contributed by atoms with E-state index >= 15 is 0 Å². The Morgan fingerprint density at radius 2 is 1.58 bits per heavy atom. The second-order valence-electron chi connectivity index (χ2n) is 6.49. The van der Waals surface area contributed by atoms with Gasteiger partial charge in [-0.2, -0.15) is 0 Å². The summed E-state index contributed by atoms with van der Waals surface area (Å²) < 4.78 is 0. The van der Waals surface area contributed by atoms with Gasteiger partial charge in [0.2, 0.25) is 0 Å². The second-order valence-corrected chi connectivity index (χ2v) is 6.49. The molecule has 0 aliphatic carbocycles. The van der Waals surface area contributed by atoms with Crippen molar-refractivity contribution < 1.29 is 0 Å². The van der Waals surface area contributed by atoms with Gasteiger partial charge in [-0.1, -0.05) is 50.1 Å². The smallest absolute Gasteiger partial charge is 0.0348 e. The molecule has 0 saturated carbocycles. The topological polar surface area (TPSA) is 3.24 Å². The van der Waals surface area contributed by atoms with Gasteiger partial charge in [0, 0.05) is 6.04 Å². The summed E-state index contributed by atoms with van der Waals surface area (Å²) in [4.78, 5) is 2.72. The Morgan fingerprint density at radius 1 is 0.947 bits per heavy atom. The molecule has 1 aliphatic heterocycles. The van der Waals surface area contributed by atoms with Crippen LogP contribution in [0.5, 0.6) is 0 Å². The number of hydrogen-bond acceptors (Lipinski definition) is 1. The lowest BCUT2D eigenvalue weighted by atomic mass is 9.94. The first-order chi connectivity index (χ1) is 9.16. The van der Waals surface area contributed by atoms with Gasteiger partial charge in [-0.15, -0.1) is 0 Å². The van der Waals surface area contributed by atoms with Crippen molar-refractivity contribution in [1.29, 1.82) is 0 Å². The highest BCUT2D eigenvalue weighted by atomic mass is 15.2. The fraction of sp³-hybridized carbons (Fsp3) is 0.667. The summed E-state index contributed by atoms with van der Waals surface area (Å²) in [5, 5.41) is 0. The molecular weight excluding hydrogens is 230 g/mol. The van der Waals surface area contributed by atoms with E-state index in [2.05, 4.69) is 49.9 Å². The van der Waals surface area contributed by atoms with Crippen molar-refractivity contribution in [2.24, 2.45) is 5.92 Å². The summed E-state index contributed by atoms with van der Waals surface area (Å²) >= 11 is 0. The van der Waals surface area contributed by atoms with Gasteiger partial charge in [-0.3, -0.25) is 4.90 Å². The lowest BCUT2D eigenvalue weighted by molar-refractivity contribution is 0.150. The molecule has 1 aromatic carbocycles. The predicted molar refractivity (Wildman–Crippen MR) is 83.4 cm³/mol. The molecule has 0 amide bonds. The summed E-state index contributed by atoms with van der Waals surface area (Å²) in [5.41, 5.74) is 2.89. The lowest BCUT2D eigenvalue weighted by Gasteiger charge is -2.35. The zero-order chi connectivity index (χ0) is 13.7. The SMILES string of the molecule is Cc1ccc(C(CCC(C)C)N2CCCCC2)cc1. The highest BCUT2D eigenvalue weighted by Gasteiger charge is 2.22. The summed E-state index contributed by atoms with van der Waals surface area (Å²) in [6, 6.07) is 9.86. The maximum Gasteiger partial charge on any atom is 0.0348 e. The molecule has 1 aliphatic rings. The normalized spacial score (nSPS) is 18.7. The van der Waals surface area contributed by atoms with Crippen LogP contribution in [0.1, 0.15) is 63.1 Å². The monoisotopic (exact) mass is 259 g/mol. The van der Waals surface area contributed by atoms with Crippen molar-refractivity contribution in [2.45, 2.75) is 58.9 Å². The summed E-state index contributed by atoms with van der Waals surface area (Å²) in [6.07, 6.45) is 6.81. The Balaban J connectivity index is 2.10. The van der Waals surface area contributed by atoms with Crippen molar-refractivity contribution >= 4 is 0 Å². The molecule has 0 aromatic heterocycles. The van der Waals surface area contributed by atoms with Crippen LogP contribution in [0.4, 0.5) is 0 Å². The number of aryl methyl sites for hydroxylation is 1. The van der Waals surface area contributed by atoms with Gasteiger partial charge in [-0.25, -0.2) is 0 Å². The zero-order valence-corrected chi connectivity index (χ0v) is 12.9. The van der Waals surface area contributed by atoms with E-state index in [1.807, 2.05) is 0 Å². The number of rotatable bonds is 5. The van der Waals surface area contributed by atoms with E-state index in [4.69, 9.17) is 0 Å². The van der Waals surface area contributed by atoms with Crippen molar-refractivity contribution in [3.05, 3.63) is 35.4 Å². The van der Waals surface area contributed by atoms with Crippen LogP contribution in [0, 0.1) is 12.8 Å². The van der Waals surface area contributed by atoms with Gasteiger partial charge in [0.1, 0.15) is 0 Å². The Bertz CT molecular complexity index is 360. The number of piperidine rings is 1. The minimum atomic E-state index is 0.642. The van der Waals surface area contributed by atoms with E-state index in [1.54, 1.807) is 0 Å². The molecular formula is C18H29N. The van der Waals surface area contributed by atoms with Gasteiger partial charge in [0.15, 0.2) is 0 Å². The predicted octanol–water partition coefficient (Wildman–Crippen LogP) is 4.96. The molecule has 1 atom stereocenters. The Hall–Kier alpha value is -0.820. The van der Waals surface area contributed by atoms with E-state index < -0.39 is 0 Å². The van der Waals surface area contributed by atoms with Crippen LogP contribution in [0.2, 0.25) is 0 Å². The molecule has 1 saturated heterocycles. The molecule has 0 N–H and O–H groups in total. The van der Waals surface area contributed by atoms with E-state index in [0.29, 0.717) is 6.04 Å². The minimum Gasteiger partial charge on any atom is -0.296 e. The quantitative estimate of drug-likeness (QED) is 0.722. The maximum absolute atomic E-state index is 2.72. The van der Waals surface area contributed by atoms with Gasteiger partial charge < -0.3 is 0 Å². The second kappa shape index (κ2) is 7.09. The third kappa shape index (κ3) is 4.35. The molecule has 1 heterocycles. The van der Waals surface area contributed by atoms with Crippen LogP contribution in [0.3, 0.4) is 0 Å². The molecule has 1 unspecified atom stereocenters.